The van der Waals surface area contributed by atoms with E-state index in [1.165, 1.54) is 0 Å². The van der Waals surface area contributed by atoms with Gasteiger partial charge in [-0.1, -0.05) is 40.5 Å². The lowest BCUT2D eigenvalue weighted by atomic mass is 9.84. The molecule has 0 aromatic heterocycles. The molecular formula is C38H65NO9. The molecule has 0 spiro atoms. The van der Waals surface area contributed by atoms with Crippen LogP contribution in [0.1, 0.15) is 139 Å². The summed E-state index contributed by atoms with van der Waals surface area (Å²) >= 11 is 0. The molecule has 4 aliphatic rings. The molecule has 48 heavy (non-hydrogen) atoms. The molecule has 0 radical (unpaired) electrons. The molecule has 0 aliphatic carbocycles. The number of carbonyl (C=O) groups is 3. The van der Waals surface area contributed by atoms with Gasteiger partial charge in [-0.25, -0.2) is 4.79 Å². The molecular weight excluding hydrogens is 614 g/mol. The summed E-state index contributed by atoms with van der Waals surface area (Å²) in [6, 6.07) is -0.0471. The second-order valence-electron chi connectivity index (χ2n) is 16.2. The van der Waals surface area contributed by atoms with Gasteiger partial charge in [0.05, 0.1) is 48.5 Å². The highest BCUT2D eigenvalue weighted by molar-refractivity contribution is 5.73. The van der Waals surface area contributed by atoms with E-state index in [9.17, 15) is 14.4 Å². The van der Waals surface area contributed by atoms with Gasteiger partial charge in [0.2, 0.25) is 0 Å². The Morgan fingerprint density at radius 2 is 1.48 bits per heavy atom. The first kappa shape index (κ1) is 38.9. The quantitative estimate of drug-likeness (QED) is 0.198. The van der Waals surface area contributed by atoms with Crippen LogP contribution in [0.15, 0.2) is 0 Å². The molecule has 4 saturated heterocycles. The summed E-state index contributed by atoms with van der Waals surface area (Å²) in [4.78, 5) is 39.7. The first-order valence-corrected chi connectivity index (χ1v) is 19.1. The van der Waals surface area contributed by atoms with Crippen LogP contribution in [0, 0.1) is 23.7 Å². The summed E-state index contributed by atoms with van der Waals surface area (Å²) in [5.74, 6) is -1.43. The molecule has 0 saturated carbocycles. The fourth-order valence-electron chi connectivity index (χ4n) is 8.17. The summed E-state index contributed by atoms with van der Waals surface area (Å²) < 4.78 is 37.7. The predicted octanol–water partition coefficient (Wildman–Crippen LogP) is 7.28. The second kappa shape index (κ2) is 17.3. The molecule has 4 heterocycles. The highest BCUT2D eigenvalue weighted by Gasteiger charge is 2.46. The molecule has 0 aromatic rings. The summed E-state index contributed by atoms with van der Waals surface area (Å²) in [5.41, 5.74) is -0.560. The van der Waals surface area contributed by atoms with E-state index in [4.69, 9.17) is 28.4 Å². The summed E-state index contributed by atoms with van der Waals surface area (Å²) in [6.07, 6.45) is 7.85. The number of rotatable bonds is 9. The van der Waals surface area contributed by atoms with E-state index in [2.05, 4.69) is 33.0 Å². The molecule has 1 amide bonds. The lowest BCUT2D eigenvalue weighted by Gasteiger charge is -2.36. The van der Waals surface area contributed by atoms with Crippen molar-refractivity contribution in [1.29, 1.82) is 0 Å². The van der Waals surface area contributed by atoms with Crippen molar-refractivity contribution in [1.82, 2.24) is 5.32 Å². The Morgan fingerprint density at radius 1 is 0.833 bits per heavy atom. The molecule has 4 fully saturated rings. The highest BCUT2D eigenvalue weighted by Crippen LogP contribution is 2.39. The SMILES string of the molecule is CCC[C@H](C[C@@H]1CC[C@H]([C@@H](C)[C@@H]2OC(=O)[C@@H](C)[C@H]3CC[C@@H](C[C@H](CCC)OC(=O)[C@H](C)[C@H]4CC[C@H](O4)[C@H]2C)O3)O1)NC(=O)OC(C)(C)C. The van der Waals surface area contributed by atoms with Gasteiger partial charge >= 0.3 is 18.0 Å². The topological polar surface area (TPSA) is 119 Å². The van der Waals surface area contributed by atoms with Crippen LogP contribution in [-0.2, 0) is 38.0 Å². The standard InChI is InChI=1S/C38H65NO9/c1-10-12-26(39-37(42)48-38(7,8)9)20-28-14-16-30(43-28)22(3)34-23(4)31-18-19-33(46-31)25(6)35(40)45-27(13-11-2)21-29-15-17-32(44-29)24(5)36(41)47-34/h22-34H,10-21H2,1-9H3,(H,39,42)/t22-,23-,24+,25-,26-,27+,28+,29+,30-,31+,32-,33-,34+/m1/s1. The zero-order chi connectivity index (χ0) is 35.2. The minimum atomic E-state index is -0.560. The van der Waals surface area contributed by atoms with Gasteiger partial charge in [-0.2, -0.15) is 0 Å². The monoisotopic (exact) mass is 679 g/mol. The number of alkyl carbamates (subject to hydrolysis) is 1. The third-order valence-electron chi connectivity index (χ3n) is 11.0. The molecule has 4 rings (SSSR count). The molecule has 0 aromatic carbocycles. The van der Waals surface area contributed by atoms with E-state index in [1.807, 2.05) is 34.6 Å². The average molecular weight is 680 g/mol. The normalized spacial score (nSPS) is 37.8. The van der Waals surface area contributed by atoms with Gasteiger partial charge in [-0.05, 0) is 92.4 Å². The fourth-order valence-corrected chi connectivity index (χ4v) is 8.17. The minimum Gasteiger partial charge on any atom is -0.462 e. The van der Waals surface area contributed by atoms with Gasteiger partial charge in [-0.3, -0.25) is 9.59 Å². The number of carbonyl (C=O) groups excluding carboxylic acids is 3. The Morgan fingerprint density at radius 3 is 2.15 bits per heavy atom. The van der Waals surface area contributed by atoms with E-state index in [0.29, 0.717) is 12.8 Å². The lowest BCUT2D eigenvalue weighted by molar-refractivity contribution is -0.175. The van der Waals surface area contributed by atoms with Gasteiger partial charge in [0.15, 0.2) is 0 Å². The molecule has 10 nitrogen and oxygen atoms in total. The molecule has 4 bridgehead atoms. The number of fused-ring (bicyclic) bond motifs is 4. The Kier molecular flexibility index (Phi) is 14.1. The van der Waals surface area contributed by atoms with Gasteiger partial charge in [0.1, 0.15) is 17.8 Å². The van der Waals surface area contributed by atoms with Gasteiger partial charge in [-0.15, -0.1) is 0 Å². The van der Waals surface area contributed by atoms with Gasteiger partial charge < -0.3 is 33.7 Å². The Hall–Kier alpha value is -1.91. The van der Waals surface area contributed by atoms with Crippen molar-refractivity contribution >= 4 is 18.0 Å². The van der Waals surface area contributed by atoms with Crippen LogP contribution in [-0.4, -0.2) is 78.5 Å². The molecule has 1 N–H and O–H groups in total. The van der Waals surface area contributed by atoms with Crippen molar-refractivity contribution in [3.63, 3.8) is 0 Å². The Labute approximate surface area is 289 Å². The number of ether oxygens (including phenoxy) is 6. The third-order valence-corrected chi connectivity index (χ3v) is 11.0. The van der Waals surface area contributed by atoms with Crippen LogP contribution < -0.4 is 5.32 Å². The Balaban J connectivity index is 1.48. The third kappa shape index (κ3) is 10.5. The van der Waals surface area contributed by atoms with Gasteiger partial charge in [0, 0.05) is 24.3 Å². The number of amides is 1. The van der Waals surface area contributed by atoms with Crippen molar-refractivity contribution in [2.75, 3.05) is 0 Å². The molecule has 10 heteroatoms. The number of cyclic esters (lactones) is 2. The smallest absolute Gasteiger partial charge is 0.407 e. The van der Waals surface area contributed by atoms with E-state index in [0.717, 1.165) is 64.2 Å². The van der Waals surface area contributed by atoms with Crippen LogP contribution in [0.2, 0.25) is 0 Å². The zero-order valence-corrected chi connectivity index (χ0v) is 31.2. The maximum absolute atomic E-state index is 13.8. The largest absolute Gasteiger partial charge is 0.462 e. The maximum atomic E-state index is 13.8. The Bertz CT molecular complexity index is 1060. The average Bonchev–Trinajstić information content (AvgIpc) is 3.79. The molecule has 4 aliphatic heterocycles. The highest BCUT2D eigenvalue weighted by atomic mass is 16.6. The van der Waals surface area contributed by atoms with Crippen LogP contribution in [0.25, 0.3) is 0 Å². The van der Waals surface area contributed by atoms with Crippen LogP contribution in [0.5, 0.6) is 0 Å². The van der Waals surface area contributed by atoms with Crippen molar-refractivity contribution in [2.24, 2.45) is 23.7 Å². The van der Waals surface area contributed by atoms with E-state index in [-0.39, 0.29) is 78.5 Å². The number of hydrogen-bond donors (Lipinski definition) is 1. The minimum absolute atomic E-state index is 0.0145. The van der Waals surface area contributed by atoms with Crippen molar-refractivity contribution in [3.05, 3.63) is 0 Å². The predicted molar refractivity (Wildman–Crippen MR) is 182 cm³/mol. The van der Waals surface area contributed by atoms with Crippen molar-refractivity contribution in [3.8, 4) is 0 Å². The van der Waals surface area contributed by atoms with Crippen molar-refractivity contribution in [2.45, 2.75) is 200 Å². The van der Waals surface area contributed by atoms with Gasteiger partial charge in [0.25, 0.3) is 0 Å². The van der Waals surface area contributed by atoms with Crippen LogP contribution in [0.4, 0.5) is 4.79 Å². The first-order chi connectivity index (χ1) is 22.7. The van der Waals surface area contributed by atoms with E-state index in [1.54, 1.807) is 0 Å². The molecule has 0 unspecified atom stereocenters. The molecule has 13 atom stereocenters. The summed E-state index contributed by atoms with van der Waals surface area (Å²) in [7, 11) is 0. The van der Waals surface area contributed by atoms with Crippen molar-refractivity contribution < 1.29 is 42.8 Å². The molecule has 276 valence electrons. The fraction of sp³-hybridized carbons (Fsp3) is 0.921. The first-order valence-electron chi connectivity index (χ1n) is 19.1. The second-order valence-corrected chi connectivity index (χ2v) is 16.2. The van der Waals surface area contributed by atoms with E-state index < -0.39 is 23.7 Å². The summed E-state index contributed by atoms with van der Waals surface area (Å²) in [6.45, 7) is 17.8. The zero-order valence-electron chi connectivity index (χ0n) is 31.2. The summed E-state index contributed by atoms with van der Waals surface area (Å²) in [5, 5.41) is 3.06. The number of hydrogen-bond acceptors (Lipinski definition) is 9. The van der Waals surface area contributed by atoms with Crippen LogP contribution >= 0.6 is 0 Å². The number of nitrogens with one attached hydrogen (secondary N) is 1. The lowest BCUT2D eigenvalue weighted by Crippen LogP contribution is -2.44. The maximum Gasteiger partial charge on any atom is 0.407 e. The van der Waals surface area contributed by atoms with E-state index >= 15 is 0 Å². The van der Waals surface area contributed by atoms with Crippen LogP contribution in [0.3, 0.4) is 0 Å². The number of esters is 2.